The van der Waals surface area contributed by atoms with Crippen LogP contribution in [0.1, 0.15) is 11.6 Å². The molecule has 0 saturated heterocycles. The summed E-state index contributed by atoms with van der Waals surface area (Å²) in [4.78, 5) is 23.2. The zero-order valence-electron chi connectivity index (χ0n) is 10.1. The number of hydrogen-bond acceptors (Lipinski definition) is 4. The SMILES string of the molecule is COC(=O)C(NC(=O)CSC)c1ccc(Br)cc1. The lowest BCUT2D eigenvalue weighted by molar-refractivity contribution is -0.145. The Hall–Kier alpha value is -1.01. The Balaban J connectivity index is 2.88. The Morgan fingerprint density at radius 2 is 2.00 bits per heavy atom. The van der Waals surface area contributed by atoms with Crippen LogP contribution in [-0.4, -0.2) is 31.0 Å². The highest BCUT2D eigenvalue weighted by molar-refractivity contribution is 9.10. The molecule has 18 heavy (non-hydrogen) atoms. The Labute approximate surface area is 119 Å². The van der Waals surface area contributed by atoms with Crippen LogP contribution in [-0.2, 0) is 14.3 Å². The predicted molar refractivity (Wildman–Crippen MR) is 75.4 cm³/mol. The zero-order chi connectivity index (χ0) is 13.5. The van der Waals surface area contributed by atoms with Gasteiger partial charge in [-0.1, -0.05) is 28.1 Å². The van der Waals surface area contributed by atoms with Crippen molar-refractivity contribution in [2.45, 2.75) is 6.04 Å². The molecule has 1 rings (SSSR count). The molecule has 0 aliphatic rings. The van der Waals surface area contributed by atoms with Gasteiger partial charge in [0.2, 0.25) is 5.91 Å². The van der Waals surface area contributed by atoms with Gasteiger partial charge in [0.25, 0.3) is 0 Å². The fraction of sp³-hybridized carbons (Fsp3) is 0.333. The first kappa shape index (κ1) is 15.0. The van der Waals surface area contributed by atoms with Crippen molar-refractivity contribution in [3.05, 3.63) is 34.3 Å². The van der Waals surface area contributed by atoms with Crippen LogP contribution in [0.5, 0.6) is 0 Å². The monoisotopic (exact) mass is 331 g/mol. The number of carbonyl (C=O) groups is 2. The van der Waals surface area contributed by atoms with Gasteiger partial charge in [0.15, 0.2) is 6.04 Å². The van der Waals surface area contributed by atoms with Crippen LogP contribution < -0.4 is 5.32 Å². The minimum atomic E-state index is -0.761. The number of benzene rings is 1. The number of hydrogen-bond donors (Lipinski definition) is 1. The van der Waals surface area contributed by atoms with E-state index in [1.54, 1.807) is 12.1 Å². The van der Waals surface area contributed by atoms with E-state index in [-0.39, 0.29) is 5.91 Å². The first-order valence-corrected chi connectivity index (χ1v) is 7.38. The Bertz CT molecular complexity index is 422. The number of ether oxygens (including phenoxy) is 1. The van der Waals surface area contributed by atoms with Crippen LogP contribution >= 0.6 is 27.7 Å². The van der Waals surface area contributed by atoms with E-state index in [4.69, 9.17) is 4.74 Å². The summed E-state index contributed by atoms with van der Waals surface area (Å²) in [6, 6.07) is 6.40. The van der Waals surface area contributed by atoms with Gasteiger partial charge >= 0.3 is 5.97 Å². The molecule has 0 heterocycles. The molecule has 0 aromatic heterocycles. The van der Waals surface area contributed by atoms with Crippen molar-refractivity contribution in [3.8, 4) is 0 Å². The standard InChI is InChI=1S/C12H14BrNO3S/c1-17-12(16)11(14-10(15)7-18-2)8-3-5-9(13)6-4-8/h3-6,11H,7H2,1-2H3,(H,14,15). The first-order chi connectivity index (χ1) is 8.58. The molecule has 98 valence electrons. The van der Waals surface area contributed by atoms with E-state index < -0.39 is 12.0 Å². The van der Waals surface area contributed by atoms with E-state index in [2.05, 4.69) is 21.2 Å². The summed E-state index contributed by atoms with van der Waals surface area (Å²) in [5, 5.41) is 2.65. The predicted octanol–water partition coefficient (Wildman–Crippen LogP) is 2.14. The normalized spacial score (nSPS) is 11.7. The van der Waals surface area contributed by atoms with Crippen molar-refractivity contribution in [2.24, 2.45) is 0 Å². The summed E-state index contributed by atoms with van der Waals surface area (Å²) in [7, 11) is 1.30. The minimum absolute atomic E-state index is 0.194. The first-order valence-electron chi connectivity index (χ1n) is 5.20. The molecule has 0 fully saturated rings. The molecule has 0 radical (unpaired) electrons. The van der Waals surface area contributed by atoms with E-state index in [9.17, 15) is 9.59 Å². The summed E-state index contributed by atoms with van der Waals surface area (Å²) in [6.07, 6.45) is 1.83. The number of rotatable bonds is 5. The lowest BCUT2D eigenvalue weighted by Gasteiger charge is -2.16. The fourth-order valence-corrected chi connectivity index (χ4v) is 2.00. The molecule has 1 aromatic carbocycles. The number of halogens is 1. The summed E-state index contributed by atoms with van der Waals surface area (Å²) < 4.78 is 5.61. The molecule has 1 aromatic rings. The van der Waals surface area contributed by atoms with Crippen molar-refractivity contribution in [2.75, 3.05) is 19.1 Å². The van der Waals surface area contributed by atoms with Gasteiger partial charge in [0.1, 0.15) is 0 Å². The second kappa shape index (κ2) is 7.43. The van der Waals surface area contributed by atoms with Gasteiger partial charge in [0.05, 0.1) is 12.9 Å². The average Bonchev–Trinajstić information content (AvgIpc) is 2.36. The van der Waals surface area contributed by atoms with Gasteiger partial charge in [0, 0.05) is 4.47 Å². The van der Waals surface area contributed by atoms with E-state index in [0.29, 0.717) is 11.3 Å². The maximum absolute atomic E-state index is 11.7. The Morgan fingerprint density at radius 1 is 1.39 bits per heavy atom. The van der Waals surface area contributed by atoms with Crippen LogP contribution in [0.2, 0.25) is 0 Å². The average molecular weight is 332 g/mol. The van der Waals surface area contributed by atoms with Crippen molar-refractivity contribution in [3.63, 3.8) is 0 Å². The Kier molecular flexibility index (Phi) is 6.21. The molecule has 0 saturated carbocycles. The summed E-state index contributed by atoms with van der Waals surface area (Å²) in [5.74, 6) is -0.364. The van der Waals surface area contributed by atoms with Crippen molar-refractivity contribution < 1.29 is 14.3 Å². The quantitative estimate of drug-likeness (QED) is 0.840. The second-order valence-corrected chi connectivity index (χ2v) is 5.29. The fourth-order valence-electron chi connectivity index (χ4n) is 1.39. The topological polar surface area (TPSA) is 55.4 Å². The highest BCUT2D eigenvalue weighted by Crippen LogP contribution is 2.18. The molecule has 1 N–H and O–H groups in total. The maximum atomic E-state index is 11.7. The molecule has 0 bridgehead atoms. The van der Waals surface area contributed by atoms with Crippen LogP contribution in [0.15, 0.2) is 28.7 Å². The summed E-state index contributed by atoms with van der Waals surface area (Å²) in [6.45, 7) is 0. The largest absolute Gasteiger partial charge is 0.467 e. The van der Waals surface area contributed by atoms with Gasteiger partial charge < -0.3 is 10.1 Å². The molecule has 1 amide bonds. The zero-order valence-corrected chi connectivity index (χ0v) is 12.5. The molecule has 0 aliphatic heterocycles. The van der Waals surface area contributed by atoms with Crippen LogP contribution in [0.4, 0.5) is 0 Å². The van der Waals surface area contributed by atoms with Gasteiger partial charge in [-0.05, 0) is 24.0 Å². The summed E-state index contributed by atoms with van der Waals surface area (Å²) >= 11 is 4.71. The highest BCUT2D eigenvalue weighted by Gasteiger charge is 2.23. The number of amides is 1. The molecule has 1 unspecified atom stereocenters. The Morgan fingerprint density at radius 3 is 2.50 bits per heavy atom. The molecule has 1 atom stereocenters. The summed E-state index contributed by atoms with van der Waals surface area (Å²) in [5.41, 5.74) is 0.694. The van der Waals surface area contributed by atoms with Crippen LogP contribution in [0.25, 0.3) is 0 Å². The lowest BCUT2D eigenvalue weighted by atomic mass is 10.1. The smallest absolute Gasteiger partial charge is 0.333 e. The van der Waals surface area contributed by atoms with E-state index in [1.165, 1.54) is 18.9 Å². The number of esters is 1. The highest BCUT2D eigenvalue weighted by atomic mass is 79.9. The molecule has 6 heteroatoms. The van der Waals surface area contributed by atoms with Crippen molar-refractivity contribution in [1.29, 1.82) is 0 Å². The van der Waals surface area contributed by atoms with Gasteiger partial charge in [-0.15, -0.1) is 0 Å². The van der Waals surface area contributed by atoms with Gasteiger partial charge in [-0.25, -0.2) is 4.79 Å². The molecule has 4 nitrogen and oxygen atoms in total. The van der Waals surface area contributed by atoms with Crippen molar-refractivity contribution >= 4 is 39.6 Å². The lowest BCUT2D eigenvalue weighted by Crippen LogP contribution is -2.35. The van der Waals surface area contributed by atoms with Gasteiger partial charge in [-0.3, -0.25) is 4.79 Å². The molecular weight excluding hydrogens is 318 g/mol. The van der Waals surface area contributed by atoms with Gasteiger partial charge in [-0.2, -0.15) is 11.8 Å². The third-order valence-corrected chi connectivity index (χ3v) is 3.30. The number of thioether (sulfide) groups is 1. The van der Waals surface area contributed by atoms with Crippen LogP contribution in [0.3, 0.4) is 0 Å². The number of carbonyl (C=O) groups excluding carboxylic acids is 2. The third-order valence-electron chi connectivity index (χ3n) is 2.22. The third kappa shape index (κ3) is 4.34. The minimum Gasteiger partial charge on any atom is -0.467 e. The van der Waals surface area contributed by atoms with E-state index in [1.807, 2.05) is 18.4 Å². The second-order valence-electron chi connectivity index (χ2n) is 3.51. The molecular formula is C12H14BrNO3S. The van der Waals surface area contributed by atoms with E-state index in [0.717, 1.165) is 4.47 Å². The van der Waals surface area contributed by atoms with E-state index >= 15 is 0 Å². The molecule has 0 aliphatic carbocycles. The van der Waals surface area contributed by atoms with Crippen molar-refractivity contribution in [1.82, 2.24) is 5.32 Å². The maximum Gasteiger partial charge on any atom is 0.333 e. The number of nitrogens with one attached hydrogen (secondary N) is 1. The van der Waals surface area contributed by atoms with Crippen LogP contribution in [0, 0.1) is 0 Å². The molecule has 0 spiro atoms. The number of methoxy groups -OCH3 is 1.